The number of amides is 1. The van der Waals surface area contributed by atoms with E-state index in [1.54, 1.807) is 12.1 Å². The molecule has 0 radical (unpaired) electrons. The molecule has 1 aliphatic rings. The molecular formula is C16H22N2O3. The van der Waals surface area contributed by atoms with Gasteiger partial charge >= 0.3 is 5.97 Å². The van der Waals surface area contributed by atoms with Gasteiger partial charge in [0.2, 0.25) is 5.91 Å². The molecule has 5 heteroatoms. The molecule has 21 heavy (non-hydrogen) atoms. The van der Waals surface area contributed by atoms with Crippen LogP contribution < -0.4 is 5.32 Å². The number of aromatic carboxylic acids is 1. The third-order valence-corrected chi connectivity index (χ3v) is 3.88. The highest BCUT2D eigenvalue weighted by Gasteiger charge is 2.22. The zero-order valence-corrected chi connectivity index (χ0v) is 12.3. The summed E-state index contributed by atoms with van der Waals surface area (Å²) < 4.78 is 0. The van der Waals surface area contributed by atoms with Gasteiger partial charge in [-0.1, -0.05) is 12.1 Å². The quantitative estimate of drug-likeness (QED) is 0.866. The lowest BCUT2D eigenvalue weighted by atomic mass is 9.90. The maximum Gasteiger partial charge on any atom is 0.335 e. The van der Waals surface area contributed by atoms with Crippen molar-refractivity contribution < 1.29 is 14.7 Å². The first-order valence-electron chi connectivity index (χ1n) is 7.42. The highest BCUT2D eigenvalue weighted by Crippen LogP contribution is 2.26. The second kappa shape index (κ2) is 7.22. The number of likely N-dealkylation sites (N-methyl/N-ethyl adjacent to an activating group) is 1. The van der Waals surface area contributed by atoms with E-state index in [0.29, 0.717) is 24.6 Å². The van der Waals surface area contributed by atoms with E-state index < -0.39 is 5.97 Å². The molecule has 1 atom stereocenters. The maximum absolute atomic E-state index is 11.7. The second-order valence-corrected chi connectivity index (χ2v) is 5.45. The second-order valence-electron chi connectivity index (χ2n) is 5.45. The molecular weight excluding hydrogens is 268 g/mol. The Bertz CT molecular complexity index is 499. The van der Waals surface area contributed by atoms with E-state index in [4.69, 9.17) is 5.11 Å². The minimum Gasteiger partial charge on any atom is -0.478 e. The van der Waals surface area contributed by atoms with E-state index >= 15 is 0 Å². The molecule has 114 valence electrons. The Kier molecular flexibility index (Phi) is 5.33. The lowest BCUT2D eigenvalue weighted by Crippen LogP contribution is -2.41. The summed E-state index contributed by atoms with van der Waals surface area (Å²) in [5, 5.41) is 11.7. The highest BCUT2D eigenvalue weighted by atomic mass is 16.4. The molecule has 0 bridgehead atoms. The van der Waals surface area contributed by atoms with Crippen molar-refractivity contribution in [3.63, 3.8) is 0 Å². The lowest BCUT2D eigenvalue weighted by Gasteiger charge is -2.32. The number of rotatable bonds is 5. The highest BCUT2D eigenvalue weighted by molar-refractivity contribution is 5.87. The maximum atomic E-state index is 11.7. The van der Waals surface area contributed by atoms with Crippen LogP contribution in [-0.2, 0) is 4.79 Å². The summed E-state index contributed by atoms with van der Waals surface area (Å²) >= 11 is 0. The third kappa shape index (κ3) is 4.29. The van der Waals surface area contributed by atoms with Crippen molar-refractivity contribution in [1.29, 1.82) is 0 Å². The van der Waals surface area contributed by atoms with Gasteiger partial charge in [-0.05, 0) is 49.9 Å². The minimum absolute atomic E-state index is 0.0689. The van der Waals surface area contributed by atoms with Crippen LogP contribution in [0, 0.1) is 0 Å². The van der Waals surface area contributed by atoms with Crippen LogP contribution in [0.5, 0.6) is 0 Å². The molecule has 1 saturated heterocycles. The van der Waals surface area contributed by atoms with E-state index in [2.05, 4.69) is 10.2 Å². The molecule has 5 nitrogen and oxygen atoms in total. The van der Waals surface area contributed by atoms with Crippen molar-refractivity contribution >= 4 is 11.9 Å². The average molecular weight is 290 g/mol. The van der Waals surface area contributed by atoms with Crippen LogP contribution in [0.2, 0.25) is 0 Å². The van der Waals surface area contributed by atoms with Crippen LogP contribution in [0.25, 0.3) is 0 Å². The summed E-state index contributed by atoms with van der Waals surface area (Å²) in [5.41, 5.74) is 1.47. The van der Waals surface area contributed by atoms with Gasteiger partial charge in [0.05, 0.1) is 12.1 Å². The standard InChI is InChI=1S/C16H22N2O3/c1-2-17-15(19)11-18-9-3-4-14(10-18)12-5-7-13(8-6-12)16(20)21/h5-8,14H,2-4,9-11H2,1H3,(H,17,19)(H,20,21)/t14-/m1/s1. The number of hydrogen-bond acceptors (Lipinski definition) is 3. The summed E-state index contributed by atoms with van der Waals surface area (Å²) in [6, 6.07) is 7.09. The molecule has 0 aromatic heterocycles. The number of nitrogens with zero attached hydrogens (tertiary/aromatic N) is 1. The molecule has 1 fully saturated rings. The summed E-state index contributed by atoms with van der Waals surface area (Å²) in [5.74, 6) is -0.460. The largest absolute Gasteiger partial charge is 0.478 e. The van der Waals surface area contributed by atoms with E-state index in [9.17, 15) is 9.59 Å². The van der Waals surface area contributed by atoms with Crippen LogP contribution in [-0.4, -0.2) is 48.1 Å². The number of carbonyl (C=O) groups excluding carboxylic acids is 1. The van der Waals surface area contributed by atoms with Crippen molar-refractivity contribution in [2.75, 3.05) is 26.2 Å². The number of nitrogens with one attached hydrogen (secondary N) is 1. The predicted octanol–water partition coefficient (Wildman–Crippen LogP) is 1.70. The Morgan fingerprint density at radius 1 is 1.33 bits per heavy atom. The van der Waals surface area contributed by atoms with Gasteiger partial charge in [-0.3, -0.25) is 9.69 Å². The SMILES string of the molecule is CCNC(=O)CN1CCC[C@@H](c2ccc(C(=O)O)cc2)C1. The van der Waals surface area contributed by atoms with Crippen molar-refractivity contribution in [2.24, 2.45) is 0 Å². The number of benzene rings is 1. The van der Waals surface area contributed by atoms with E-state index in [-0.39, 0.29) is 5.91 Å². The normalized spacial score (nSPS) is 19.2. The number of piperidine rings is 1. The van der Waals surface area contributed by atoms with Crippen LogP contribution in [0.1, 0.15) is 41.6 Å². The molecule has 0 spiro atoms. The summed E-state index contributed by atoms with van der Waals surface area (Å²) in [6.45, 7) is 4.82. The number of carboxylic acid groups (broad SMARTS) is 1. The summed E-state index contributed by atoms with van der Waals surface area (Å²) in [7, 11) is 0. The molecule has 1 aromatic rings. The molecule has 1 aliphatic heterocycles. The fraction of sp³-hybridized carbons (Fsp3) is 0.500. The summed E-state index contributed by atoms with van der Waals surface area (Å²) in [6.07, 6.45) is 2.14. The molecule has 1 aromatic carbocycles. The van der Waals surface area contributed by atoms with Crippen molar-refractivity contribution in [1.82, 2.24) is 10.2 Å². The smallest absolute Gasteiger partial charge is 0.335 e. The molecule has 2 rings (SSSR count). The topological polar surface area (TPSA) is 69.6 Å². The fourth-order valence-corrected chi connectivity index (χ4v) is 2.83. The number of likely N-dealkylation sites (tertiary alicyclic amines) is 1. The molecule has 0 aliphatic carbocycles. The third-order valence-electron chi connectivity index (χ3n) is 3.88. The monoisotopic (exact) mass is 290 g/mol. The first-order chi connectivity index (χ1) is 10.1. The van der Waals surface area contributed by atoms with Gasteiger partial charge in [-0.2, -0.15) is 0 Å². The van der Waals surface area contributed by atoms with Crippen LogP contribution in [0.15, 0.2) is 24.3 Å². The van der Waals surface area contributed by atoms with Gasteiger partial charge in [0.1, 0.15) is 0 Å². The first kappa shape index (κ1) is 15.5. The van der Waals surface area contributed by atoms with Crippen LogP contribution in [0.3, 0.4) is 0 Å². The van der Waals surface area contributed by atoms with Crippen molar-refractivity contribution in [3.8, 4) is 0 Å². The first-order valence-corrected chi connectivity index (χ1v) is 7.42. The zero-order valence-electron chi connectivity index (χ0n) is 12.3. The molecule has 1 amide bonds. The molecule has 2 N–H and O–H groups in total. The van der Waals surface area contributed by atoms with Crippen molar-refractivity contribution in [2.45, 2.75) is 25.7 Å². The fourth-order valence-electron chi connectivity index (χ4n) is 2.83. The number of carbonyl (C=O) groups is 2. The Morgan fingerprint density at radius 3 is 2.67 bits per heavy atom. The van der Waals surface area contributed by atoms with E-state index in [1.165, 1.54) is 0 Å². The minimum atomic E-state index is -0.900. The Labute approximate surface area is 125 Å². The summed E-state index contributed by atoms with van der Waals surface area (Å²) in [4.78, 5) is 24.7. The van der Waals surface area contributed by atoms with Gasteiger partial charge in [-0.15, -0.1) is 0 Å². The molecule has 0 unspecified atom stereocenters. The van der Waals surface area contributed by atoms with E-state index in [1.807, 2.05) is 19.1 Å². The van der Waals surface area contributed by atoms with Gasteiger partial charge in [0.25, 0.3) is 0 Å². The Balaban J connectivity index is 1.97. The van der Waals surface area contributed by atoms with Gasteiger partial charge < -0.3 is 10.4 Å². The van der Waals surface area contributed by atoms with Crippen LogP contribution in [0.4, 0.5) is 0 Å². The molecule has 0 saturated carbocycles. The van der Waals surface area contributed by atoms with Crippen LogP contribution >= 0.6 is 0 Å². The van der Waals surface area contributed by atoms with Gasteiger partial charge in [0.15, 0.2) is 0 Å². The van der Waals surface area contributed by atoms with Crippen molar-refractivity contribution in [3.05, 3.63) is 35.4 Å². The van der Waals surface area contributed by atoms with E-state index in [0.717, 1.165) is 31.5 Å². The lowest BCUT2D eigenvalue weighted by molar-refractivity contribution is -0.122. The number of hydrogen-bond donors (Lipinski definition) is 2. The number of carboxylic acids is 1. The molecule has 1 heterocycles. The Morgan fingerprint density at radius 2 is 2.05 bits per heavy atom. The average Bonchev–Trinajstić information content (AvgIpc) is 2.48. The van der Waals surface area contributed by atoms with Gasteiger partial charge in [0, 0.05) is 13.1 Å². The Hall–Kier alpha value is -1.88. The zero-order chi connectivity index (χ0) is 15.2. The predicted molar refractivity (Wildman–Crippen MR) is 80.5 cm³/mol. The van der Waals surface area contributed by atoms with Gasteiger partial charge in [-0.25, -0.2) is 4.79 Å².